The van der Waals surface area contributed by atoms with Crippen LogP contribution in [-0.4, -0.2) is 30.2 Å². The second-order valence-electron chi connectivity index (χ2n) is 7.17. The molecule has 1 aliphatic carbocycles. The fraction of sp³-hybridized carbons (Fsp3) is 0.409. The first-order chi connectivity index (χ1) is 14.0. The predicted molar refractivity (Wildman–Crippen MR) is 109 cm³/mol. The number of carbonyl (C=O) groups is 1. The molecule has 0 amide bonds. The van der Waals surface area contributed by atoms with Gasteiger partial charge in [-0.3, -0.25) is 9.05 Å². The van der Waals surface area contributed by atoms with Crippen LogP contribution in [0.4, 0.5) is 0 Å². The number of phosphoric ester groups is 1. The average molecular weight is 418 g/mol. The zero-order chi connectivity index (χ0) is 20.7. The van der Waals surface area contributed by atoms with Crippen molar-refractivity contribution in [2.75, 3.05) is 13.2 Å². The van der Waals surface area contributed by atoms with Gasteiger partial charge < -0.3 is 9.63 Å². The first-order valence-corrected chi connectivity index (χ1v) is 11.4. The van der Waals surface area contributed by atoms with E-state index < -0.39 is 26.5 Å². The molecule has 1 aliphatic rings. The van der Waals surface area contributed by atoms with Crippen molar-refractivity contribution >= 4 is 13.8 Å². The van der Waals surface area contributed by atoms with Gasteiger partial charge in [-0.05, 0) is 43.7 Å². The van der Waals surface area contributed by atoms with E-state index in [0.29, 0.717) is 12.8 Å². The molecule has 156 valence electrons. The fourth-order valence-electron chi connectivity index (χ4n) is 4.00. The second-order valence-corrected chi connectivity index (χ2v) is 8.57. The van der Waals surface area contributed by atoms with Crippen LogP contribution in [0.25, 0.3) is 0 Å². The lowest BCUT2D eigenvalue weighted by Crippen LogP contribution is -2.35. The van der Waals surface area contributed by atoms with Crippen molar-refractivity contribution < 1.29 is 28.0 Å². The molecular weight excluding hydrogens is 391 g/mol. The number of benzene rings is 2. The first-order valence-electron chi connectivity index (χ1n) is 9.87. The summed E-state index contributed by atoms with van der Waals surface area (Å²) in [6.07, 6.45) is 2.37. The Morgan fingerprint density at radius 3 is 2.03 bits per heavy atom. The Morgan fingerprint density at radius 2 is 1.55 bits per heavy atom. The molecule has 0 aromatic heterocycles. The Morgan fingerprint density at radius 1 is 1.03 bits per heavy atom. The van der Waals surface area contributed by atoms with Crippen LogP contribution in [0.15, 0.2) is 60.7 Å². The molecule has 0 heterocycles. The predicted octanol–water partition coefficient (Wildman–Crippen LogP) is 4.61. The van der Waals surface area contributed by atoms with E-state index in [9.17, 15) is 14.3 Å². The summed E-state index contributed by atoms with van der Waals surface area (Å²) in [7, 11) is -4.33. The van der Waals surface area contributed by atoms with Crippen LogP contribution in [0.1, 0.15) is 43.7 Å². The highest BCUT2D eigenvalue weighted by Gasteiger charge is 2.40. The minimum Gasteiger partial charge on any atom is -0.464 e. The lowest BCUT2D eigenvalue weighted by Gasteiger charge is -2.41. The minimum atomic E-state index is -4.33. The lowest BCUT2D eigenvalue weighted by molar-refractivity contribution is -0.146. The maximum atomic E-state index is 12.2. The molecule has 1 fully saturated rings. The molecule has 1 saturated carbocycles. The zero-order valence-electron chi connectivity index (χ0n) is 16.5. The Balaban J connectivity index is 1.68. The summed E-state index contributed by atoms with van der Waals surface area (Å²) in [5.41, 5.74) is 2.30. The maximum absolute atomic E-state index is 12.2. The molecule has 1 unspecified atom stereocenters. The van der Waals surface area contributed by atoms with Gasteiger partial charge in [0.05, 0.1) is 12.7 Å². The molecule has 6 nitrogen and oxygen atoms in total. The van der Waals surface area contributed by atoms with E-state index in [4.69, 9.17) is 13.8 Å². The van der Waals surface area contributed by atoms with E-state index in [1.165, 1.54) is 11.1 Å². The number of hydrogen-bond acceptors (Lipinski definition) is 5. The zero-order valence-corrected chi connectivity index (χ0v) is 17.4. The summed E-state index contributed by atoms with van der Waals surface area (Å²) in [4.78, 5) is 21.3. The summed E-state index contributed by atoms with van der Waals surface area (Å²) in [6, 6.07) is 20.7. The molecule has 0 radical (unpaired) electrons. The summed E-state index contributed by atoms with van der Waals surface area (Å²) in [5, 5.41) is 0. The highest BCUT2D eigenvalue weighted by molar-refractivity contribution is 7.47. The highest BCUT2D eigenvalue weighted by atomic mass is 31.2. The van der Waals surface area contributed by atoms with Crippen LogP contribution in [0.5, 0.6) is 0 Å². The van der Waals surface area contributed by atoms with Gasteiger partial charge in [0.15, 0.2) is 6.61 Å². The molecule has 1 atom stereocenters. The Hall–Kier alpha value is -1.98. The number of ether oxygens (including phenoxy) is 1. The molecule has 7 heteroatoms. The van der Waals surface area contributed by atoms with Crippen LogP contribution in [-0.2, 0) is 28.6 Å². The van der Waals surface area contributed by atoms with Crippen LogP contribution >= 0.6 is 7.82 Å². The van der Waals surface area contributed by atoms with Gasteiger partial charge in [0.2, 0.25) is 0 Å². The Bertz CT molecular complexity index is 789. The Kier molecular flexibility index (Phi) is 7.25. The third kappa shape index (κ3) is 5.55. The van der Waals surface area contributed by atoms with Crippen LogP contribution in [0, 0.1) is 0 Å². The summed E-state index contributed by atoms with van der Waals surface area (Å²) in [5.74, 6) is -0.693. The first kappa shape index (κ1) is 21.7. The van der Waals surface area contributed by atoms with Gasteiger partial charge in [0.1, 0.15) is 0 Å². The number of carbonyl (C=O) groups excluding carboxylic acids is 1. The van der Waals surface area contributed by atoms with E-state index in [1.54, 1.807) is 6.92 Å². The van der Waals surface area contributed by atoms with Crippen LogP contribution < -0.4 is 0 Å². The molecule has 29 heavy (non-hydrogen) atoms. The van der Waals surface area contributed by atoms with Gasteiger partial charge in [-0.25, -0.2) is 9.36 Å². The topological polar surface area (TPSA) is 82.1 Å². The van der Waals surface area contributed by atoms with Crippen molar-refractivity contribution in [1.82, 2.24) is 0 Å². The van der Waals surface area contributed by atoms with Crippen molar-refractivity contribution in [3.8, 4) is 0 Å². The van der Waals surface area contributed by atoms with E-state index in [2.05, 4.69) is 24.3 Å². The third-order valence-corrected chi connectivity index (χ3v) is 6.39. The molecule has 3 rings (SSSR count). The molecule has 0 aliphatic heterocycles. The van der Waals surface area contributed by atoms with Crippen molar-refractivity contribution in [3.63, 3.8) is 0 Å². The van der Waals surface area contributed by atoms with Gasteiger partial charge in [0, 0.05) is 5.41 Å². The number of phosphoric acid groups is 1. The van der Waals surface area contributed by atoms with E-state index in [1.807, 2.05) is 36.4 Å². The van der Waals surface area contributed by atoms with Crippen molar-refractivity contribution in [2.45, 2.75) is 44.1 Å². The van der Waals surface area contributed by atoms with E-state index in [0.717, 1.165) is 12.8 Å². The van der Waals surface area contributed by atoms with Gasteiger partial charge in [-0.15, -0.1) is 0 Å². The smallest absolute Gasteiger partial charge is 0.464 e. The SMILES string of the molecule is CCOC(=O)COP(=O)(O)OC1CCC(c2ccccc2)(c2ccccc2)CC1. The quantitative estimate of drug-likeness (QED) is 0.498. The monoisotopic (exact) mass is 418 g/mol. The van der Waals surface area contributed by atoms with E-state index in [-0.39, 0.29) is 12.0 Å². The molecule has 0 saturated heterocycles. The second kappa shape index (κ2) is 9.68. The molecule has 2 aromatic rings. The number of esters is 1. The van der Waals surface area contributed by atoms with E-state index >= 15 is 0 Å². The van der Waals surface area contributed by atoms with Gasteiger partial charge in [-0.2, -0.15) is 0 Å². The fourth-order valence-corrected chi connectivity index (χ4v) is 4.92. The molecule has 0 spiro atoms. The molecule has 2 aromatic carbocycles. The highest BCUT2D eigenvalue weighted by Crippen LogP contribution is 2.51. The van der Waals surface area contributed by atoms with Crippen molar-refractivity contribution in [2.24, 2.45) is 0 Å². The van der Waals surface area contributed by atoms with Crippen LogP contribution in [0.3, 0.4) is 0 Å². The average Bonchev–Trinajstić information content (AvgIpc) is 2.74. The maximum Gasteiger partial charge on any atom is 0.473 e. The number of rotatable bonds is 8. The van der Waals surface area contributed by atoms with Gasteiger partial charge >= 0.3 is 13.8 Å². The summed E-state index contributed by atoms with van der Waals surface area (Å²) >= 11 is 0. The van der Waals surface area contributed by atoms with Crippen molar-refractivity contribution in [1.29, 1.82) is 0 Å². The molecule has 1 N–H and O–H groups in total. The van der Waals surface area contributed by atoms with Crippen LogP contribution in [0.2, 0.25) is 0 Å². The van der Waals surface area contributed by atoms with Gasteiger partial charge in [-0.1, -0.05) is 60.7 Å². The summed E-state index contributed by atoms with van der Waals surface area (Å²) < 4.78 is 27.0. The normalized spacial score (nSPS) is 18.7. The standard InChI is InChI=1S/C22H27O6P/c1-2-26-21(23)17-27-29(24,25)28-20-13-15-22(16-14-20,18-9-5-3-6-10-18)19-11-7-4-8-12-19/h3-12,20H,2,13-17H2,1H3,(H,24,25). The minimum absolute atomic E-state index is 0.159. The number of hydrogen-bond donors (Lipinski definition) is 1. The summed E-state index contributed by atoms with van der Waals surface area (Å²) in [6.45, 7) is 1.23. The Labute approximate surface area is 171 Å². The van der Waals surface area contributed by atoms with Gasteiger partial charge in [0.25, 0.3) is 0 Å². The lowest BCUT2D eigenvalue weighted by atomic mass is 9.65. The third-order valence-electron chi connectivity index (χ3n) is 5.37. The molecular formula is C22H27O6P. The largest absolute Gasteiger partial charge is 0.473 e. The molecule has 0 bridgehead atoms. The van der Waals surface area contributed by atoms with Crippen molar-refractivity contribution in [3.05, 3.63) is 71.8 Å².